The summed E-state index contributed by atoms with van der Waals surface area (Å²) in [4.78, 5) is 20.1. The van der Waals surface area contributed by atoms with Gasteiger partial charge in [0.05, 0.1) is 4.88 Å². The van der Waals surface area contributed by atoms with E-state index in [0.717, 1.165) is 23.6 Å². The fourth-order valence-corrected chi connectivity index (χ4v) is 3.55. The number of anilines is 1. The third kappa shape index (κ3) is 3.04. The van der Waals surface area contributed by atoms with E-state index >= 15 is 0 Å². The van der Waals surface area contributed by atoms with Crippen LogP contribution in [0.25, 0.3) is 10.6 Å². The molecular weight excluding hydrogens is 296 g/mol. The summed E-state index contributed by atoms with van der Waals surface area (Å²) in [5, 5.41) is 14.4. The average Bonchev–Trinajstić information content (AvgIpc) is 3.03. The molecule has 0 unspecified atom stereocenters. The highest BCUT2D eigenvalue weighted by Gasteiger charge is 2.20. The number of nitriles is 1. The molecule has 0 spiro atoms. The fraction of sp³-hybridized carbons (Fsp3) is 0.438. The number of nitrogens with zero attached hydrogens (tertiary/aromatic N) is 2. The molecule has 1 saturated carbocycles. The quantitative estimate of drug-likeness (QED) is 0.910. The van der Waals surface area contributed by atoms with Crippen LogP contribution in [0.3, 0.4) is 0 Å². The predicted octanol–water partition coefficient (Wildman–Crippen LogP) is 3.36. The van der Waals surface area contributed by atoms with Crippen LogP contribution >= 0.6 is 11.3 Å². The fourth-order valence-electron chi connectivity index (χ4n) is 2.83. The minimum Gasteiger partial charge on any atom is -0.353 e. The lowest BCUT2D eigenvalue weighted by molar-refractivity contribution is 0.360. The van der Waals surface area contributed by atoms with Crippen molar-refractivity contribution in [1.29, 1.82) is 5.26 Å². The smallest absolute Gasteiger partial charge is 0.270 e. The summed E-state index contributed by atoms with van der Waals surface area (Å²) in [6, 6.07) is 6.06. The first-order valence-electron chi connectivity index (χ1n) is 7.52. The Kier molecular flexibility index (Phi) is 4.25. The molecule has 2 aromatic heterocycles. The molecule has 3 rings (SSSR count). The molecule has 2 aromatic rings. The molecule has 0 saturated heterocycles. The molecule has 0 aliphatic heterocycles. The Morgan fingerprint density at radius 1 is 1.41 bits per heavy atom. The van der Waals surface area contributed by atoms with Crippen molar-refractivity contribution in [2.24, 2.45) is 5.92 Å². The van der Waals surface area contributed by atoms with E-state index in [4.69, 9.17) is 0 Å². The predicted molar refractivity (Wildman–Crippen MR) is 87.9 cm³/mol. The molecule has 2 N–H and O–H groups in total. The Morgan fingerprint density at radius 2 is 2.18 bits per heavy atom. The van der Waals surface area contributed by atoms with Gasteiger partial charge in [0.1, 0.15) is 17.3 Å². The molecule has 6 heteroatoms. The lowest BCUT2D eigenvalue weighted by Crippen LogP contribution is -2.28. The zero-order valence-electron chi connectivity index (χ0n) is 12.4. The van der Waals surface area contributed by atoms with Crippen molar-refractivity contribution >= 4 is 17.3 Å². The molecule has 0 radical (unpaired) electrons. The van der Waals surface area contributed by atoms with E-state index in [9.17, 15) is 10.1 Å². The van der Waals surface area contributed by atoms with Crippen molar-refractivity contribution in [2.75, 3.05) is 5.32 Å². The SMILES string of the molecule is C[C@H]1CC[C@@H](Nc2nc(-c3cccs3)c(C#N)c(=O)[nH]2)CC1. The number of hydrogen-bond donors (Lipinski definition) is 2. The maximum atomic E-state index is 12.1. The number of aromatic nitrogens is 2. The summed E-state index contributed by atoms with van der Waals surface area (Å²) in [6.07, 6.45) is 4.55. The van der Waals surface area contributed by atoms with Crippen molar-refractivity contribution in [1.82, 2.24) is 9.97 Å². The van der Waals surface area contributed by atoms with E-state index < -0.39 is 0 Å². The molecule has 2 heterocycles. The van der Waals surface area contributed by atoms with Gasteiger partial charge in [-0.3, -0.25) is 9.78 Å². The minimum absolute atomic E-state index is 0.0743. The van der Waals surface area contributed by atoms with Crippen LogP contribution in [-0.2, 0) is 0 Å². The maximum absolute atomic E-state index is 12.1. The highest BCUT2D eigenvalue weighted by molar-refractivity contribution is 7.13. The maximum Gasteiger partial charge on any atom is 0.270 e. The minimum atomic E-state index is -0.382. The van der Waals surface area contributed by atoms with Crippen molar-refractivity contribution in [3.63, 3.8) is 0 Å². The second-order valence-corrected chi connectivity index (χ2v) is 6.78. The average molecular weight is 314 g/mol. The zero-order chi connectivity index (χ0) is 15.5. The lowest BCUT2D eigenvalue weighted by Gasteiger charge is -2.27. The van der Waals surface area contributed by atoms with Crippen molar-refractivity contribution in [3.05, 3.63) is 33.4 Å². The Hall–Kier alpha value is -2.13. The summed E-state index contributed by atoms with van der Waals surface area (Å²) in [6.45, 7) is 2.27. The summed E-state index contributed by atoms with van der Waals surface area (Å²) < 4.78 is 0. The van der Waals surface area contributed by atoms with Gasteiger partial charge in [0.2, 0.25) is 5.95 Å². The number of hydrogen-bond acceptors (Lipinski definition) is 5. The van der Waals surface area contributed by atoms with E-state index in [-0.39, 0.29) is 11.1 Å². The van der Waals surface area contributed by atoms with Gasteiger partial charge in [-0.05, 0) is 43.0 Å². The molecular formula is C16H18N4OS. The molecule has 1 aliphatic carbocycles. The van der Waals surface area contributed by atoms with Gasteiger partial charge in [0.25, 0.3) is 5.56 Å². The number of nitrogens with one attached hydrogen (secondary N) is 2. The largest absolute Gasteiger partial charge is 0.353 e. The van der Waals surface area contributed by atoms with Gasteiger partial charge in [0, 0.05) is 6.04 Å². The van der Waals surface area contributed by atoms with E-state index in [2.05, 4.69) is 22.2 Å². The highest BCUT2D eigenvalue weighted by atomic mass is 32.1. The Bertz CT molecular complexity index is 736. The molecule has 22 heavy (non-hydrogen) atoms. The number of thiophene rings is 1. The Morgan fingerprint density at radius 3 is 2.82 bits per heavy atom. The second-order valence-electron chi connectivity index (χ2n) is 5.83. The molecule has 0 aromatic carbocycles. The molecule has 114 valence electrons. The van der Waals surface area contributed by atoms with Gasteiger partial charge in [-0.2, -0.15) is 5.26 Å². The number of H-pyrrole nitrogens is 1. The summed E-state index contributed by atoms with van der Waals surface area (Å²) >= 11 is 1.48. The van der Waals surface area contributed by atoms with E-state index in [1.165, 1.54) is 24.2 Å². The monoisotopic (exact) mass is 314 g/mol. The number of aromatic amines is 1. The van der Waals surface area contributed by atoms with Gasteiger partial charge >= 0.3 is 0 Å². The van der Waals surface area contributed by atoms with Gasteiger partial charge in [0.15, 0.2) is 0 Å². The summed E-state index contributed by atoms with van der Waals surface area (Å²) in [5.41, 5.74) is 0.158. The molecule has 1 aliphatic rings. The van der Waals surface area contributed by atoms with Crippen molar-refractivity contribution < 1.29 is 0 Å². The van der Waals surface area contributed by atoms with Crippen LogP contribution in [0.1, 0.15) is 38.2 Å². The van der Waals surface area contributed by atoms with E-state index in [1.54, 1.807) is 0 Å². The third-order valence-electron chi connectivity index (χ3n) is 4.14. The summed E-state index contributed by atoms with van der Waals surface area (Å²) in [5.74, 6) is 1.24. The normalized spacial score (nSPS) is 21.3. The van der Waals surface area contributed by atoms with Crippen LogP contribution in [0.2, 0.25) is 0 Å². The van der Waals surface area contributed by atoms with Crippen LogP contribution in [0.15, 0.2) is 22.3 Å². The topological polar surface area (TPSA) is 81.6 Å². The number of rotatable bonds is 3. The van der Waals surface area contributed by atoms with Crippen LogP contribution < -0.4 is 10.9 Å². The molecule has 1 fully saturated rings. The molecule has 0 bridgehead atoms. The first kappa shape index (κ1) is 14.8. The van der Waals surface area contributed by atoms with Gasteiger partial charge in [-0.1, -0.05) is 13.0 Å². The van der Waals surface area contributed by atoms with Gasteiger partial charge in [-0.15, -0.1) is 11.3 Å². The van der Waals surface area contributed by atoms with E-state index in [1.807, 2.05) is 23.6 Å². The molecule has 5 nitrogen and oxygen atoms in total. The lowest BCUT2D eigenvalue weighted by atomic mass is 9.87. The second kappa shape index (κ2) is 6.32. The van der Waals surface area contributed by atoms with Crippen molar-refractivity contribution in [3.8, 4) is 16.6 Å². The van der Waals surface area contributed by atoms with Crippen molar-refractivity contribution in [2.45, 2.75) is 38.6 Å². The van der Waals surface area contributed by atoms with Gasteiger partial charge < -0.3 is 5.32 Å². The van der Waals surface area contributed by atoms with E-state index in [0.29, 0.717) is 17.7 Å². The van der Waals surface area contributed by atoms with Crippen LogP contribution in [-0.4, -0.2) is 16.0 Å². The Labute approximate surface area is 133 Å². The molecule has 0 atom stereocenters. The standard InChI is InChI=1S/C16H18N4OS/c1-10-4-6-11(7-5-10)18-16-19-14(13-3-2-8-22-13)12(9-17)15(21)20-16/h2-3,8,10-11H,4-7H2,1H3,(H2,18,19,20,21)/t10-,11+. The third-order valence-corrected chi connectivity index (χ3v) is 5.02. The van der Waals surface area contributed by atoms with Crippen LogP contribution in [0.5, 0.6) is 0 Å². The van der Waals surface area contributed by atoms with Crippen LogP contribution in [0.4, 0.5) is 5.95 Å². The molecule has 0 amide bonds. The first-order chi connectivity index (χ1) is 10.7. The highest BCUT2D eigenvalue weighted by Crippen LogP contribution is 2.27. The van der Waals surface area contributed by atoms with Crippen LogP contribution in [0, 0.1) is 17.2 Å². The van der Waals surface area contributed by atoms with Gasteiger partial charge in [-0.25, -0.2) is 4.98 Å². The Balaban J connectivity index is 1.90. The zero-order valence-corrected chi connectivity index (χ0v) is 13.2. The first-order valence-corrected chi connectivity index (χ1v) is 8.40. The summed E-state index contributed by atoms with van der Waals surface area (Å²) in [7, 11) is 0.